The van der Waals surface area contributed by atoms with Gasteiger partial charge in [-0.2, -0.15) is 9.57 Å². The molecule has 0 bridgehead atoms. The van der Waals surface area contributed by atoms with Gasteiger partial charge in [0.25, 0.3) is 0 Å². The molecule has 9 nitrogen and oxygen atoms in total. The number of para-hydroxylation sites is 1. The highest BCUT2D eigenvalue weighted by Crippen LogP contribution is 2.32. The first-order chi connectivity index (χ1) is 16.7. The number of carbonyl (C=O) groups is 1. The Bertz CT molecular complexity index is 1440. The molecule has 0 saturated carbocycles. The number of aliphatic hydroxyl groups excluding tert-OH is 1. The number of nitrogens with zero attached hydrogens (tertiary/aromatic N) is 3. The number of nitriles is 1. The Hall–Kier alpha value is -2.72. The Balaban J connectivity index is 1.57. The first-order valence-electron chi connectivity index (χ1n) is 10.1. The molecule has 35 heavy (non-hydrogen) atoms. The van der Waals surface area contributed by atoms with Gasteiger partial charge >= 0.3 is 5.97 Å². The van der Waals surface area contributed by atoms with Crippen LogP contribution in [0.2, 0.25) is 10.0 Å². The highest BCUT2D eigenvalue weighted by molar-refractivity contribution is 7.89. The minimum Gasteiger partial charge on any atom is -0.507 e. The summed E-state index contributed by atoms with van der Waals surface area (Å²) in [5.74, 6) is -1.51. The molecule has 0 amide bonds. The van der Waals surface area contributed by atoms with E-state index in [1.807, 2.05) is 18.2 Å². The van der Waals surface area contributed by atoms with Gasteiger partial charge in [0.05, 0.1) is 39.0 Å². The number of allylic oxidation sites excluding steroid dienone is 1. The third kappa shape index (κ3) is 5.28. The first-order valence-corrected chi connectivity index (χ1v) is 13.2. The Morgan fingerprint density at radius 2 is 1.94 bits per heavy atom. The van der Waals surface area contributed by atoms with Gasteiger partial charge < -0.3 is 14.6 Å². The summed E-state index contributed by atoms with van der Waals surface area (Å²) in [4.78, 5) is 16.7. The van der Waals surface area contributed by atoms with E-state index in [-0.39, 0.29) is 57.4 Å². The van der Waals surface area contributed by atoms with Crippen LogP contribution in [0.3, 0.4) is 0 Å². The molecule has 182 valence electrons. The standard InChI is InChI=1S/C22H17Cl2N3O6S2/c23-15-10-16(24)20(35(30,31)27-5-7-32-8-6-27)9-13(15)22(29)33-12-18(28)14(11-25)21-26-17-3-1-2-4-19(17)34-21/h1-4,9-10,28H,5-8,12H2/b18-14+. The predicted molar refractivity (Wildman–Crippen MR) is 131 cm³/mol. The average molecular weight is 554 g/mol. The molecule has 0 radical (unpaired) electrons. The number of carbonyl (C=O) groups excluding carboxylic acids is 1. The van der Waals surface area contributed by atoms with Gasteiger partial charge in [-0.05, 0) is 24.3 Å². The van der Waals surface area contributed by atoms with Gasteiger partial charge in [-0.3, -0.25) is 0 Å². The van der Waals surface area contributed by atoms with Crippen molar-refractivity contribution in [1.82, 2.24) is 9.29 Å². The van der Waals surface area contributed by atoms with Gasteiger partial charge in [0.2, 0.25) is 10.0 Å². The molecule has 2 heterocycles. The van der Waals surface area contributed by atoms with Crippen LogP contribution in [0.5, 0.6) is 0 Å². The van der Waals surface area contributed by atoms with Crippen LogP contribution in [0.15, 0.2) is 47.1 Å². The lowest BCUT2D eigenvalue weighted by molar-refractivity contribution is 0.0502. The van der Waals surface area contributed by atoms with Crippen LogP contribution in [-0.2, 0) is 19.5 Å². The SMILES string of the molecule is N#C/C(=C(\O)COC(=O)c1cc(S(=O)(=O)N2CCOCC2)c(Cl)cc1Cl)c1nc2ccccc2s1. The normalized spacial score (nSPS) is 15.5. The summed E-state index contributed by atoms with van der Waals surface area (Å²) in [5.41, 5.74) is 0.262. The van der Waals surface area contributed by atoms with Gasteiger partial charge in [-0.1, -0.05) is 35.3 Å². The number of ether oxygens (including phenoxy) is 2. The number of sulfonamides is 1. The van der Waals surface area contributed by atoms with Crippen LogP contribution >= 0.6 is 34.5 Å². The fourth-order valence-electron chi connectivity index (χ4n) is 3.31. The molecule has 0 spiro atoms. The number of esters is 1. The quantitative estimate of drug-likeness (QED) is 0.272. The fourth-order valence-corrected chi connectivity index (χ4v) is 6.52. The van der Waals surface area contributed by atoms with Crippen molar-refractivity contribution >= 4 is 66.3 Å². The van der Waals surface area contributed by atoms with Gasteiger partial charge in [0, 0.05) is 13.1 Å². The summed E-state index contributed by atoms with van der Waals surface area (Å²) in [7, 11) is -4.02. The van der Waals surface area contributed by atoms with E-state index < -0.39 is 28.4 Å². The summed E-state index contributed by atoms with van der Waals surface area (Å²) >= 11 is 13.5. The molecule has 0 unspecified atom stereocenters. The van der Waals surface area contributed by atoms with Crippen LogP contribution in [0.1, 0.15) is 15.4 Å². The predicted octanol–water partition coefficient (Wildman–Crippen LogP) is 4.27. The van der Waals surface area contributed by atoms with Gasteiger partial charge in [-0.15, -0.1) is 11.3 Å². The highest BCUT2D eigenvalue weighted by atomic mass is 35.5. The molecular formula is C22H17Cl2N3O6S2. The Morgan fingerprint density at radius 1 is 1.23 bits per heavy atom. The third-order valence-corrected chi connectivity index (χ3v) is 8.81. The lowest BCUT2D eigenvalue weighted by Crippen LogP contribution is -2.40. The lowest BCUT2D eigenvalue weighted by Gasteiger charge is -2.26. The van der Waals surface area contributed by atoms with E-state index in [4.69, 9.17) is 32.7 Å². The Labute approximate surface area is 214 Å². The summed E-state index contributed by atoms with van der Waals surface area (Å²) in [6.07, 6.45) is 0. The number of morpholine rings is 1. The highest BCUT2D eigenvalue weighted by Gasteiger charge is 2.30. The molecule has 1 saturated heterocycles. The molecule has 1 aliphatic rings. The minimum atomic E-state index is -4.02. The van der Waals surface area contributed by atoms with Crippen molar-refractivity contribution in [3.63, 3.8) is 0 Å². The molecular weight excluding hydrogens is 537 g/mol. The van der Waals surface area contributed by atoms with Crippen molar-refractivity contribution in [3.8, 4) is 6.07 Å². The van der Waals surface area contributed by atoms with Crippen LogP contribution < -0.4 is 0 Å². The molecule has 1 fully saturated rings. The minimum absolute atomic E-state index is 0.129. The Kier molecular flexibility index (Phi) is 7.61. The lowest BCUT2D eigenvalue weighted by atomic mass is 10.2. The topological polar surface area (TPSA) is 130 Å². The number of aromatic nitrogens is 1. The summed E-state index contributed by atoms with van der Waals surface area (Å²) in [6.45, 7) is 0.106. The first kappa shape index (κ1) is 25.4. The van der Waals surface area contributed by atoms with Crippen LogP contribution in [0, 0.1) is 11.3 Å². The number of thiazole rings is 1. The number of aliphatic hydroxyl groups is 1. The average Bonchev–Trinajstić information content (AvgIpc) is 3.27. The number of benzene rings is 2. The fraction of sp³-hybridized carbons (Fsp3) is 0.227. The summed E-state index contributed by atoms with van der Waals surface area (Å²) in [5, 5.41) is 19.9. The van der Waals surface area contributed by atoms with Crippen LogP contribution in [-0.4, -0.2) is 61.7 Å². The smallest absolute Gasteiger partial charge is 0.340 e. The molecule has 0 atom stereocenters. The number of rotatable bonds is 6. The van der Waals surface area contributed by atoms with Crippen molar-refractivity contribution in [1.29, 1.82) is 5.26 Å². The van der Waals surface area contributed by atoms with E-state index in [0.29, 0.717) is 5.52 Å². The molecule has 1 aliphatic heterocycles. The van der Waals surface area contributed by atoms with Crippen molar-refractivity contribution in [2.45, 2.75) is 4.90 Å². The zero-order valence-electron chi connectivity index (χ0n) is 17.9. The second kappa shape index (κ2) is 10.5. The van der Waals surface area contributed by atoms with E-state index in [1.54, 1.807) is 12.1 Å². The number of hydrogen-bond donors (Lipinski definition) is 1. The van der Waals surface area contributed by atoms with Crippen LogP contribution in [0.4, 0.5) is 0 Å². The molecule has 1 N–H and O–H groups in total. The largest absolute Gasteiger partial charge is 0.507 e. The Morgan fingerprint density at radius 3 is 2.63 bits per heavy atom. The zero-order valence-corrected chi connectivity index (χ0v) is 21.0. The van der Waals surface area contributed by atoms with E-state index in [2.05, 4.69) is 4.98 Å². The monoisotopic (exact) mass is 553 g/mol. The van der Waals surface area contributed by atoms with Gasteiger partial charge in [0.15, 0.2) is 5.76 Å². The van der Waals surface area contributed by atoms with E-state index in [1.165, 1.54) is 15.6 Å². The second-order valence-electron chi connectivity index (χ2n) is 7.28. The van der Waals surface area contributed by atoms with Crippen molar-refractivity contribution in [3.05, 3.63) is 62.8 Å². The van der Waals surface area contributed by atoms with Gasteiger partial charge in [0.1, 0.15) is 28.2 Å². The van der Waals surface area contributed by atoms with Crippen molar-refractivity contribution in [2.24, 2.45) is 0 Å². The van der Waals surface area contributed by atoms with Crippen molar-refractivity contribution in [2.75, 3.05) is 32.9 Å². The summed E-state index contributed by atoms with van der Waals surface area (Å²) < 4.78 is 38.4. The number of halogens is 2. The maximum Gasteiger partial charge on any atom is 0.340 e. The van der Waals surface area contributed by atoms with Crippen LogP contribution in [0.25, 0.3) is 15.8 Å². The molecule has 2 aromatic carbocycles. The molecule has 3 aromatic rings. The van der Waals surface area contributed by atoms with E-state index in [0.717, 1.165) is 16.8 Å². The molecule has 13 heteroatoms. The van der Waals surface area contributed by atoms with Crippen molar-refractivity contribution < 1.29 is 27.8 Å². The zero-order chi connectivity index (χ0) is 25.2. The second-order valence-corrected chi connectivity index (χ2v) is 11.0. The summed E-state index contributed by atoms with van der Waals surface area (Å²) in [6, 6.07) is 11.3. The molecule has 1 aromatic heterocycles. The molecule has 0 aliphatic carbocycles. The van der Waals surface area contributed by atoms with Gasteiger partial charge in [-0.25, -0.2) is 18.2 Å². The number of fused-ring (bicyclic) bond motifs is 1. The van der Waals surface area contributed by atoms with E-state index >= 15 is 0 Å². The van der Waals surface area contributed by atoms with E-state index in [9.17, 15) is 23.6 Å². The number of hydrogen-bond acceptors (Lipinski definition) is 9. The third-order valence-electron chi connectivity index (χ3n) is 5.08. The maximum absolute atomic E-state index is 13.0. The molecule has 4 rings (SSSR count). The maximum atomic E-state index is 13.0.